The van der Waals surface area contributed by atoms with E-state index in [1.165, 1.54) is 11.3 Å². The number of carbonyl (C=O) groups is 2. The third-order valence-electron chi connectivity index (χ3n) is 5.91. The fraction of sp³-hybridized carbons (Fsp3) is 0.318. The Hall–Kier alpha value is -2.38. The summed E-state index contributed by atoms with van der Waals surface area (Å²) < 4.78 is -0.111. The van der Waals surface area contributed by atoms with Gasteiger partial charge in [-0.15, -0.1) is 11.8 Å². The first-order chi connectivity index (χ1) is 14.0. The Morgan fingerprint density at radius 1 is 1.24 bits per heavy atom. The van der Waals surface area contributed by atoms with Gasteiger partial charge in [0.2, 0.25) is 0 Å². The number of ketones is 1. The first kappa shape index (κ1) is 18.6. The van der Waals surface area contributed by atoms with Crippen LogP contribution in [0, 0.1) is 6.92 Å². The zero-order valence-electron chi connectivity index (χ0n) is 16.1. The van der Waals surface area contributed by atoms with E-state index in [2.05, 4.69) is 17.1 Å². The van der Waals surface area contributed by atoms with E-state index in [0.29, 0.717) is 30.1 Å². The number of nitrogens with zero attached hydrogens (tertiary/aromatic N) is 2. The lowest BCUT2D eigenvalue weighted by Gasteiger charge is -2.43. The summed E-state index contributed by atoms with van der Waals surface area (Å²) in [5.41, 5.74) is 8.70. The minimum absolute atomic E-state index is 0.0280. The van der Waals surface area contributed by atoms with E-state index in [0.717, 1.165) is 39.1 Å². The van der Waals surface area contributed by atoms with Crippen LogP contribution in [0.2, 0.25) is 0 Å². The number of rotatable bonds is 1. The summed E-state index contributed by atoms with van der Waals surface area (Å²) in [7, 11) is 0. The maximum atomic E-state index is 13.2. The molecule has 1 fully saturated rings. The second kappa shape index (κ2) is 6.85. The van der Waals surface area contributed by atoms with Gasteiger partial charge in [0.25, 0.3) is 5.91 Å². The highest BCUT2D eigenvalue weighted by atomic mass is 32.2. The predicted octanol–water partition coefficient (Wildman–Crippen LogP) is 4.54. The molecular weight excluding hydrogens is 402 g/mol. The summed E-state index contributed by atoms with van der Waals surface area (Å²) in [6.07, 6.45) is 3.88. The number of anilines is 1. The number of likely N-dealkylation sites (tertiary alicyclic amines) is 1. The van der Waals surface area contributed by atoms with Gasteiger partial charge in [-0.3, -0.25) is 9.59 Å². The summed E-state index contributed by atoms with van der Waals surface area (Å²) in [6.45, 7) is 3.29. The molecule has 148 valence electrons. The predicted molar refractivity (Wildman–Crippen MR) is 118 cm³/mol. The molecule has 3 aromatic rings. The van der Waals surface area contributed by atoms with E-state index >= 15 is 0 Å². The molecule has 0 atom stereocenters. The van der Waals surface area contributed by atoms with Crippen LogP contribution in [0.1, 0.15) is 45.5 Å². The molecule has 2 aliphatic heterocycles. The standard InChI is InChI=1S/C22H21N3O2S2/c1-13-4-5-17-15(11-13)16(26)12-22(29-17)6-9-25(10-7-22)21(27)18-14-3-2-8-24-20(14)28-19(18)23/h2-5,8,11H,6-7,9-10,12,23H2,1H3. The lowest BCUT2D eigenvalue weighted by Crippen LogP contribution is -2.47. The molecule has 0 radical (unpaired) electrons. The smallest absolute Gasteiger partial charge is 0.257 e. The maximum Gasteiger partial charge on any atom is 0.257 e. The number of aromatic nitrogens is 1. The van der Waals surface area contributed by atoms with Crippen molar-refractivity contribution in [1.29, 1.82) is 0 Å². The van der Waals surface area contributed by atoms with Crippen LogP contribution in [0.25, 0.3) is 10.2 Å². The number of amides is 1. The number of hydrogen-bond donors (Lipinski definition) is 1. The number of hydrogen-bond acceptors (Lipinski definition) is 6. The molecule has 2 N–H and O–H groups in total. The molecule has 5 rings (SSSR count). The number of benzene rings is 1. The molecule has 2 aromatic heterocycles. The molecule has 29 heavy (non-hydrogen) atoms. The van der Waals surface area contributed by atoms with Crippen molar-refractivity contribution in [3.63, 3.8) is 0 Å². The van der Waals surface area contributed by atoms with Crippen LogP contribution in [-0.2, 0) is 0 Å². The van der Waals surface area contributed by atoms with Gasteiger partial charge in [0.1, 0.15) is 9.83 Å². The first-order valence-electron chi connectivity index (χ1n) is 9.71. The van der Waals surface area contributed by atoms with E-state index in [4.69, 9.17) is 5.73 Å². The fourth-order valence-electron chi connectivity index (χ4n) is 4.33. The van der Waals surface area contributed by atoms with Crippen LogP contribution < -0.4 is 5.73 Å². The van der Waals surface area contributed by atoms with Crippen LogP contribution in [0.4, 0.5) is 5.00 Å². The van der Waals surface area contributed by atoms with Crippen LogP contribution in [-0.4, -0.2) is 39.4 Å². The number of nitrogen functional groups attached to an aromatic ring is 1. The number of thioether (sulfide) groups is 1. The zero-order chi connectivity index (χ0) is 20.2. The molecule has 7 heteroatoms. The molecule has 0 unspecified atom stereocenters. The van der Waals surface area contributed by atoms with Crippen LogP contribution in [0.5, 0.6) is 0 Å². The summed E-state index contributed by atoms with van der Waals surface area (Å²) in [6, 6.07) is 9.86. The van der Waals surface area contributed by atoms with Crippen molar-refractivity contribution in [1.82, 2.24) is 9.88 Å². The third kappa shape index (κ3) is 3.13. The highest BCUT2D eigenvalue weighted by molar-refractivity contribution is 8.01. The quantitative estimate of drug-likeness (QED) is 0.622. The molecule has 0 bridgehead atoms. The van der Waals surface area contributed by atoms with Gasteiger partial charge in [-0.05, 0) is 44.0 Å². The number of aryl methyl sites for hydroxylation is 1. The number of fused-ring (bicyclic) bond motifs is 2. The Labute approximate surface area is 177 Å². The molecule has 1 aromatic carbocycles. The summed E-state index contributed by atoms with van der Waals surface area (Å²) in [5.74, 6) is 0.195. The van der Waals surface area contributed by atoms with Gasteiger partial charge in [0, 0.05) is 46.3 Å². The number of nitrogens with two attached hydrogens (primary N) is 1. The molecule has 1 amide bonds. The zero-order valence-corrected chi connectivity index (χ0v) is 17.7. The molecular formula is C22H21N3O2S2. The van der Waals surface area contributed by atoms with Crippen molar-refractivity contribution in [2.45, 2.75) is 35.8 Å². The molecule has 5 nitrogen and oxygen atoms in total. The number of pyridine rings is 1. The summed E-state index contributed by atoms with van der Waals surface area (Å²) >= 11 is 3.17. The molecule has 4 heterocycles. The third-order valence-corrected chi connectivity index (χ3v) is 8.42. The molecule has 0 aliphatic carbocycles. The van der Waals surface area contributed by atoms with Crippen molar-refractivity contribution >= 4 is 50.0 Å². The lowest BCUT2D eigenvalue weighted by atomic mass is 9.87. The number of Topliss-reactive ketones (excluding diaryl/α,β-unsaturated/α-hetero) is 1. The molecule has 1 spiro atoms. The van der Waals surface area contributed by atoms with E-state index in [-0.39, 0.29) is 16.4 Å². The minimum atomic E-state index is -0.111. The van der Waals surface area contributed by atoms with Gasteiger partial charge in [0.05, 0.1) is 5.56 Å². The highest BCUT2D eigenvalue weighted by Crippen LogP contribution is 2.49. The van der Waals surface area contributed by atoms with Crippen LogP contribution in [0.3, 0.4) is 0 Å². The van der Waals surface area contributed by atoms with E-state index < -0.39 is 0 Å². The normalized spacial score (nSPS) is 18.2. The van der Waals surface area contributed by atoms with Gasteiger partial charge >= 0.3 is 0 Å². The topological polar surface area (TPSA) is 76.3 Å². The largest absolute Gasteiger partial charge is 0.390 e. The van der Waals surface area contributed by atoms with Crippen LogP contribution >= 0.6 is 23.1 Å². The molecule has 2 aliphatic rings. The van der Waals surface area contributed by atoms with Crippen molar-refractivity contribution in [2.24, 2.45) is 0 Å². The number of piperidine rings is 1. The lowest BCUT2D eigenvalue weighted by molar-refractivity contribution is 0.0699. The minimum Gasteiger partial charge on any atom is -0.390 e. The SMILES string of the molecule is Cc1ccc2c(c1)C(=O)CC1(CCN(C(=O)c3c(N)sc4ncccc34)CC1)S2. The number of carbonyl (C=O) groups excluding carboxylic acids is 2. The van der Waals surface area contributed by atoms with Gasteiger partial charge in [-0.2, -0.15) is 0 Å². The van der Waals surface area contributed by atoms with E-state index in [9.17, 15) is 9.59 Å². The van der Waals surface area contributed by atoms with Crippen molar-refractivity contribution in [3.8, 4) is 0 Å². The van der Waals surface area contributed by atoms with E-state index in [1.807, 2.05) is 41.8 Å². The Morgan fingerprint density at radius 2 is 2.03 bits per heavy atom. The monoisotopic (exact) mass is 423 g/mol. The van der Waals surface area contributed by atoms with Gasteiger partial charge in [-0.25, -0.2) is 4.98 Å². The van der Waals surface area contributed by atoms with Gasteiger partial charge in [0.15, 0.2) is 5.78 Å². The van der Waals surface area contributed by atoms with Gasteiger partial charge < -0.3 is 10.6 Å². The summed E-state index contributed by atoms with van der Waals surface area (Å²) in [5, 5.41) is 1.35. The Balaban J connectivity index is 1.36. The average molecular weight is 424 g/mol. The second-order valence-corrected chi connectivity index (χ2v) is 10.4. The van der Waals surface area contributed by atoms with Crippen molar-refractivity contribution in [3.05, 3.63) is 53.2 Å². The van der Waals surface area contributed by atoms with E-state index in [1.54, 1.807) is 6.20 Å². The Kier molecular flexibility index (Phi) is 4.40. The summed E-state index contributed by atoms with van der Waals surface area (Å²) in [4.78, 5) is 34.1. The second-order valence-electron chi connectivity index (χ2n) is 7.87. The van der Waals surface area contributed by atoms with Crippen molar-refractivity contribution < 1.29 is 9.59 Å². The average Bonchev–Trinajstić information content (AvgIpc) is 3.04. The first-order valence-corrected chi connectivity index (χ1v) is 11.3. The number of thiophene rings is 1. The highest BCUT2D eigenvalue weighted by Gasteiger charge is 2.43. The Bertz CT molecular complexity index is 1150. The maximum absolute atomic E-state index is 13.2. The Morgan fingerprint density at radius 3 is 2.83 bits per heavy atom. The fourth-order valence-corrected chi connectivity index (χ4v) is 6.71. The molecule has 0 saturated carbocycles. The molecule has 1 saturated heterocycles. The van der Waals surface area contributed by atoms with Crippen molar-refractivity contribution in [2.75, 3.05) is 18.8 Å². The van der Waals surface area contributed by atoms with Crippen LogP contribution in [0.15, 0.2) is 41.4 Å². The van der Waals surface area contributed by atoms with Gasteiger partial charge in [-0.1, -0.05) is 23.0 Å².